The lowest BCUT2D eigenvalue weighted by Crippen LogP contribution is -2.22. The second kappa shape index (κ2) is 6.41. The third kappa shape index (κ3) is 3.42. The maximum Gasteiger partial charge on any atom is 0.232 e. The lowest BCUT2D eigenvalue weighted by molar-refractivity contribution is -0.118. The Balaban J connectivity index is 1.79. The summed E-state index contributed by atoms with van der Waals surface area (Å²) in [5, 5.41) is 3.69. The fourth-order valence-corrected chi connectivity index (χ4v) is 2.78. The van der Waals surface area contributed by atoms with Crippen LogP contribution in [0.1, 0.15) is 24.3 Å². The number of methoxy groups -OCH3 is 1. The summed E-state index contributed by atoms with van der Waals surface area (Å²) in [6.07, 6.45) is 2.19. The summed E-state index contributed by atoms with van der Waals surface area (Å²) in [6.45, 7) is 0. The van der Waals surface area contributed by atoms with Gasteiger partial charge in [0.2, 0.25) is 5.91 Å². The lowest BCUT2D eigenvalue weighted by Gasteiger charge is -2.17. The van der Waals surface area contributed by atoms with E-state index in [0.717, 1.165) is 29.8 Å². The Bertz CT molecular complexity index is 665. The van der Waals surface area contributed by atoms with Crippen LogP contribution in [-0.2, 0) is 4.79 Å². The van der Waals surface area contributed by atoms with E-state index >= 15 is 0 Å². The lowest BCUT2D eigenvalue weighted by atomic mass is 9.93. The van der Waals surface area contributed by atoms with E-state index in [1.807, 2.05) is 48.5 Å². The molecule has 1 amide bonds. The molecule has 0 saturated heterocycles. The van der Waals surface area contributed by atoms with Crippen LogP contribution in [0.25, 0.3) is 0 Å². The summed E-state index contributed by atoms with van der Waals surface area (Å²) in [4.78, 5) is 12.7. The molecule has 1 fully saturated rings. The van der Waals surface area contributed by atoms with E-state index in [1.54, 1.807) is 7.11 Å². The van der Waals surface area contributed by atoms with Crippen molar-refractivity contribution in [3.63, 3.8) is 0 Å². The van der Waals surface area contributed by atoms with Gasteiger partial charge in [-0.15, -0.1) is 0 Å². The number of benzene rings is 2. The first-order valence-corrected chi connectivity index (χ1v) is 7.75. The molecule has 0 spiro atoms. The number of carbonyl (C=O) groups excluding carboxylic acids is 1. The summed E-state index contributed by atoms with van der Waals surface area (Å²) in [7, 11) is 1.61. The Hall–Kier alpha value is -2.00. The maximum absolute atomic E-state index is 12.7. The fourth-order valence-electron chi connectivity index (χ4n) is 2.66. The number of hydrogen-bond acceptors (Lipinski definition) is 2. The highest BCUT2D eigenvalue weighted by Gasteiger charge is 2.37. The highest BCUT2D eigenvalue weighted by Crippen LogP contribution is 2.43. The third-order valence-electron chi connectivity index (χ3n) is 3.94. The van der Waals surface area contributed by atoms with E-state index in [1.165, 1.54) is 0 Å². The molecular weight excluding hydrogens is 298 g/mol. The Labute approximate surface area is 135 Å². The molecule has 0 heterocycles. The minimum Gasteiger partial charge on any atom is -0.497 e. The molecule has 2 aromatic carbocycles. The van der Waals surface area contributed by atoms with Crippen molar-refractivity contribution >= 4 is 23.2 Å². The first-order chi connectivity index (χ1) is 10.7. The Morgan fingerprint density at radius 3 is 2.59 bits per heavy atom. The highest BCUT2D eigenvalue weighted by atomic mass is 35.5. The molecule has 4 heteroatoms. The van der Waals surface area contributed by atoms with Crippen LogP contribution in [0.3, 0.4) is 0 Å². The number of carbonyl (C=O) groups is 1. The van der Waals surface area contributed by atoms with E-state index < -0.39 is 0 Å². The van der Waals surface area contributed by atoms with Gasteiger partial charge in [0.05, 0.1) is 13.0 Å². The van der Waals surface area contributed by atoms with Crippen LogP contribution in [0.15, 0.2) is 48.5 Å². The van der Waals surface area contributed by atoms with Crippen LogP contribution in [0.2, 0.25) is 5.02 Å². The molecule has 1 aliphatic carbocycles. The number of ether oxygens (including phenoxy) is 1. The average molecular weight is 316 g/mol. The smallest absolute Gasteiger partial charge is 0.232 e. The van der Waals surface area contributed by atoms with Crippen molar-refractivity contribution in [2.24, 2.45) is 5.92 Å². The molecule has 3 rings (SSSR count). The summed E-state index contributed by atoms with van der Waals surface area (Å²) in [5.74, 6) is 1.06. The van der Waals surface area contributed by atoms with Gasteiger partial charge in [-0.3, -0.25) is 4.79 Å². The molecule has 1 unspecified atom stereocenters. The maximum atomic E-state index is 12.7. The molecule has 0 aromatic heterocycles. The van der Waals surface area contributed by atoms with Gasteiger partial charge < -0.3 is 10.1 Å². The minimum atomic E-state index is -0.122. The van der Waals surface area contributed by atoms with Gasteiger partial charge in [0, 0.05) is 16.8 Å². The molecule has 1 N–H and O–H groups in total. The summed E-state index contributed by atoms with van der Waals surface area (Å²) < 4.78 is 5.19. The minimum absolute atomic E-state index is 0.0260. The van der Waals surface area contributed by atoms with E-state index in [-0.39, 0.29) is 11.8 Å². The Kier molecular flexibility index (Phi) is 4.34. The van der Waals surface area contributed by atoms with Crippen molar-refractivity contribution in [2.45, 2.75) is 18.8 Å². The van der Waals surface area contributed by atoms with Crippen molar-refractivity contribution in [1.82, 2.24) is 0 Å². The zero-order valence-electron chi connectivity index (χ0n) is 12.4. The first-order valence-electron chi connectivity index (χ1n) is 7.38. The first kappa shape index (κ1) is 14.9. The van der Waals surface area contributed by atoms with Gasteiger partial charge in [-0.25, -0.2) is 0 Å². The normalized spacial score (nSPS) is 15.2. The van der Waals surface area contributed by atoms with Crippen molar-refractivity contribution in [3.05, 3.63) is 59.1 Å². The monoisotopic (exact) mass is 315 g/mol. The number of halogens is 1. The topological polar surface area (TPSA) is 38.3 Å². The molecule has 3 nitrogen and oxygen atoms in total. The second-order valence-electron chi connectivity index (χ2n) is 5.59. The van der Waals surface area contributed by atoms with Gasteiger partial charge >= 0.3 is 0 Å². The zero-order valence-corrected chi connectivity index (χ0v) is 13.1. The predicted molar refractivity (Wildman–Crippen MR) is 88.5 cm³/mol. The predicted octanol–water partition coefficient (Wildman–Crippen LogP) is 4.48. The molecule has 2 aromatic rings. The highest BCUT2D eigenvalue weighted by molar-refractivity contribution is 6.30. The molecule has 114 valence electrons. The van der Waals surface area contributed by atoms with Gasteiger partial charge in [0.25, 0.3) is 0 Å². The summed E-state index contributed by atoms with van der Waals surface area (Å²) in [6, 6.07) is 15.0. The van der Waals surface area contributed by atoms with Gasteiger partial charge in [0.15, 0.2) is 0 Å². The van der Waals surface area contributed by atoms with Gasteiger partial charge in [-0.1, -0.05) is 29.8 Å². The van der Waals surface area contributed by atoms with Crippen molar-refractivity contribution in [2.75, 3.05) is 12.4 Å². The third-order valence-corrected chi connectivity index (χ3v) is 4.19. The van der Waals surface area contributed by atoms with Crippen LogP contribution in [0.4, 0.5) is 5.69 Å². The average Bonchev–Trinajstić information content (AvgIpc) is 3.34. The molecular formula is C18H18ClNO2. The van der Waals surface area contributed by atoms with Crippen LogP contribution in [-0.4, -0.2) is 13.0 Å². The molecule has 0 radical (unpaired) electrons. The quantitative estimate of drug-likeness (QED) is 0.883. The number of amides is 1. The van der Waals surface area contributed by atoms with Crippen LogP contribution >= 0.6 is 11.6 Å². The van der Waals surface area contributed by atoms with Crippen molar-refractivity contribution < 1.29 is 9.53 Å². The largest absolute Gasteiger partial charge is 0.497 e. The summed E-state index contributed by atoms with van der Waals surface area (Å²) >= 11 is 5.94. The van der Waals surface area contributed by atoms with Crippen molar-refractivity contribution in [1.29, 1.82) is 0 Å². The molecule has 22 heavy (non-hydrogen) atoms. The molecule has 1 atom stereocenters. The Morgan fingerprint density at radius 1 is 1.23 bits per heavy atom. The van der Waals surface area contributed by atoms with Gasteiger partial charge in [-0.2, -0.15) is 0 Å². The van der Waals surface area contributed by atoms with E-state index in [4.69, 9.17) is 16.3 Å². The summed E-state index contributed by atoms with van der Waals surface area (Å²) in [5.41, 5.74) is 1.77. The number of nitrogens with one attached hydrogen (secondary N) is 1. The molecule has 1 aliphatic rings. The van der Waals surface area contributed by atoms with Crippen LogP contribution in [0, 0.1) is 5.92 Å². The van der Waals surface area contributed by atoms with E-state index in [9.17, 15) is 4.79 Å². The van der Waals surface area contributed by atoms with Crippen LogP contribution in [0.5, 0.6) is 5.75 Å². The van der Waals surface area contributed by atoms with Gasteiger partial charge in [0.1, 0.15) is 5.75 Å². The SMILES string of the molecule is COc1cccc(NC(=O)C(c2ccc(Cl)cc2)C2CC2)c1. The standard InChI is InChI=1S/C18H18ClNO2/c1-22-16-4-2-3-15(11-16)20-18(21)17(12-5-6-12)13-7-9-14(19)10-8-13/h2-4,7-12,17H,5-6H2,1H3,(H,20,21). The van der Waals surface area contributed by atoms with E-state index in [0.29, 0.717) is 10.9 Å². The fraction of sp³-hybridized carbons (Fsp3) is 0.278. The Morgan fingerprint density at radius 2 is 1.95 bits per heavy atom. The number of anilines is 1. The molecule has 0 aliphatic heterocycles. The zero-order chi connectivity index (χ0) is 15.5. The van der Waals surface area contributed by atoms with Gasteiger partial charge in [-0.05, 0) is 48.6 Å². The molecule has 0 bridgehead atoms. The van der Waals surface area contributed by atoms with Crippen LogP contribution < -0.4 is 10.1 Å². The van der Waals surface area contributed by atoms with E-state index in [2.05, 4.69) is 5.32 Å². The second-order valence-corrected chi connectivity index (χ2v) is 6.02. The van der Waals surface area contributed by atoms with Crippen molar-refractivity contribution in [3.8, 4) is 5.75 Å². The molecule has 1 saturated carbocycles. The number of hydrogen-bond donors (Lipinski definition) is 1. The number of rotatable bonds is 5.